The molecule has 14 nitrogen and oxygen atoms in total. The van der Waals surface area contributed by atoms with E-state index in [2.05, 4.69) is 34.9 Å². The minimum absolute atomic E-state index is 0.0127. The van der Waals surface area contributed by atoms with Crippen LogP contribution >= 0.6 is 0 Å². The number of nitrogens with zero attached hydrogens (tertiary/aromatic N) is 4. The molecule has 280 valence electrons. The zero-order valence-corrected chi connectivity index (χ0v) is 31.4. The standard InChI is InChI=1S/C38H46N6O8Si/c1-49-27-15-11-25(12-16-27)37(24-9-7-6-8-10-24,26-13-17-28(50-2)18-14-26)38(33(47)32(46)29(22-45)52-38)44-23-41-31-34(39)42-30(43-35(31)44)21-40-36(48)51-19-20-53(3,4)5/h6-18,23,29,32-33,45-47H,19-22H2,1-5H3,(H,40,48)(H2,39,42,43)/t29-,32-,33-,38+/m1/s1. The van der Waals surface area contributed by atoms with E-state index in [4.69, 9.17) is 29.7 Å². The van der Waals surface area contributed by atoms with Crippen molar-refractivity contribution in [3.63, 3.8) is 0 Å². The van der Waals surface area contributed by atoms with Crippen molar-refractivity contribution in [1.82, 2.24) is 24.8 Å². The number of fused-ring (bicyclic) bond motifs is 1. The molecule has 1 aliphatic heterocycles. The van der Waals surface area contributed by atoms with E-state index in [1.54, 1.807) is 43.1 Å². The Hall–Kier alpha value is -5.06. The summed E-state index contributed by atoms with van der Waals surface area (Å²) in [5, 5.41) is 37.5. The van der Waals surface area contributed by atoms with E-state index in [0.29, 0.717) is 34.8 Å². The van der Waals surface area contributed by atoms with Gasteiger partial charge in [0.1, 0.15) is 35.3 Å². The topological polar surface area (TPSA) is 196 Å². The van der Waals surface area contributed by atoms with Gasteiger partial charge in [-0.1, -0.05) is 74.2 Å². The highest BCUT2D eigenvalue weighted by Crippen LogP contribution is 2.58. The summed E-state index contributed by atoms with van der Waals surface area (Å²) < 4.78 is 24.9. The Kier molecular flexibility index (Phi) is 10.8. The summed E-state index contributed by atoms with van der Waals surface area (Å²) in [5.74, 6) is 1.33. The molecule has 5 aromatic rings. The Morgan fingerprint density at radius 1 is 0.943 bits per heavy atom. The number of benzene rings is 3. The lowest BCUT2D eigenvalue weighted by Gasteiger charge is -2.51. The summed E-state index contributed by atoms with van der Waals surface area (Å²) in [5.41, 5.74) is 5.21. The number of aliphatic hydroxyl groups excluding tert-OH is 3. The number of ether oxygens (including phenoxy) is 4. The number of hydrogen-bond donors (Lipinski definition) is 5. The fraction of sp³-hybridized carbons (Fsp3) is 0.368. The first kappa shape index (κ1) is 37.7. The van der Waals surface area contributed by atoms with E-state index < -0.39 is 50.2 Å². The maximum Gasteiger partial charge on any atom is 0.407 e. The van der Waals surface area contributed by atoms with Gasteiger partial charge in [0, 0.05) is 8.07 Å². The molecule has 1 fully saturated rings. The molecule has 0 saturated carbocycles. The second-order valence-corrected chi connectivity index (χ2v) is 19.8. The molecule has 1 saturated heterocycles. The second-order valence-electron chi connectivity index (χ2n) is 14.2. The minimum Gasteiger partial charge on any atom is -0.497 e. The number of methoxy groups -OCH3 is 2. The summed E-state index contributed by atoms with van der Waals surface area (Å²) in [4.78, 5) is 26.4. The molecular formula is C38H46N6O8Si. The third kappa shape index (κ3) is 6.81. The van der Waals surface area contributed by atoms with Gasteiger partial charge in [-0.3, -0.25) is 4.57 Å². The Morgan fingerprint density at radius 2 is 1.53 bits per heavy atom. The number of hydrogen-bond acceptors (Lipinski definition) is 12. The Labute approximate surface area is 308 Å². The average Bonchev–Trinajstić information content (AvgIpc) is 3.70. The maximum atomic E-state index is 12.6. The van der Waals surface area contributed by atoms with Crippen LogP contribution in [0.15, 0.2) is 85.2 Å². The molecule has 0 aliphatic carbocycles. The van der Waals surface area contributed by atoms with Gasteiger partial charge in [0.05, 0.1) is 45.7 Å². The van der Waals surface area contributed by atoms with Gasteiger partial charge in [-0.2, -0.15) is 0 Å². The van der Waals surface area contributed by atoms with Crippen molar-refractivity contribution < 1.29 is 39.1 Å². The largest absolute Gasteiger partial charge is 0.497 e. The van der Waals surface area contributed by atoms with Crippen molar-refractivity contribution in [2.45, 2.75) is 61.7 Å². The van der Waals surface area contributed by atoms with Crippen LogP contribution in [-0.2, 0) is 27.2 Å². The summed E-state index contributed by atoms with van der Waals surface area (Å²) in [7, 11) is 1.72. The van der Waals surface area contributed by atoms with E-state index >= 15 is 0 Å². The highest BCUT2D eigenvalue weighted by atomic mass is 28.3. The molecule has 0 unspecified atom stereocenters. The molecule has 0 spiro atoms. The predicted octanol–water partition coefficient (Wildman–Crippen LogP) is 3.79. The van der Waals surface area contributed by atoms with Crippen molar-refractivity contribution in [2.75, 3.05) is 33.2 Å². The van der Waals surface area contributed by atoms with Crippen LogP contribution < -0.4 is 20.5 Å². The van der Waals surface area contributed by atoms with Gasteiger partial charge in [-0.25, -0.2) is 19.7 Å². The normalized spacial score (nSPS) is 20.3. The van der Waals surface area contributed by atoms with Crippen LogP contribution in [0.1, 0.15) is 22.5 Å². The highest BCUT2D eigenvalue weighted by Gasteiger charge is 2.68. The van der Waals surface area contributed by atoms with Crippen LogP contribution in [0.2, 0.25) is 25.7 Å². The first-order valence-electron chi connectivity index (χ1n) is 17.3. The summed E-state index contributed by atoms with van der Waals surface area (Å²) >= 11 is 0. The third-order valence-corrected chi connectivity index (χ3v) is 11.4. The second kappa shape index (κ2) is 15.1. The van der Waals surface area contributed by atoms with Crippen molar-refractivity contribution in [3.05, 3.63) is 108 Å². The molecule has 4 atom stereocenters. The molecule has 6 rings (SSSR count). The van der Waals surface area contributed by atoms with Gasteiger partial charge in [-0.05, 0) is 47.0 Å². The van der Waals surface area contributed by atoms with Gasteiger partial charge in [0.2, 0.25) is 0 Å². The molecule has 2 aromatic heterocycles. The maximum absolute atomic E-state index is 12.6. The van der Waals surface area contributed by atoms with Crippen LogP contribution in [0, 0.1) is 0 Å². The van der Waals surface area contributed by atoms with Gasteiger partial charge >= 0.3 is 6.09 Å². The first-order valence-corrected chi connectivity index (χ1v) is 21.0. The fourth-order valence-electron chi connectivity index (χ4n) is 7.07. The van der Waals surface area contributed by atoms with Crippen molar-refractivity contribution in [3.8, 4) is 11.5 Å². The zero-order valence-electron chi connectivity index (χ0n) is 30.4. The average molecular weight is 743 g/mol. The molecule has 53 heavy (non-hydrogen) atoms. The number of imidazole rings is 1. The third-order valence-electron chi connectivity index (χ3n) is 9.71. The van der Waals surface area contributed by atoms with Crippen molar-refractivity contribution >= 4 is 31.1 Å². The number of rotatable bonds is 13. The molecular weight excluding hydrogens is 697 g/mol. The minimum atomic E-state index is -2.01. The Balaban J connectivity index is 1.62. The van der Waals surface area contributed by atoms with Gasteiger partial charge in [0.25, 0.3) is 0 Å². The van der Waals surface area contributed by atoms with Crippen LogP contribution in [0.25, 0.3) is 11.2 Å². The lowest BCUT2D eigenvalue weighted by molar-refractivity contribution is -0.175. The van der Waals surface area contributed by atoms with Crippen LogP contribution in [-0.4, -0.2) is 94.8 Å². The summed E-state index contributed by atoms with van der Waals surface area (Å²) in [6, 6.07) is 24.8. The number of nitrogen functional groups attached to an aromatic ring is 1. The molecule has 0 radical (unpaired) electrons. The van der Waals surface area contributed by atoms with Crippen molar-refractivity contribution in [1.29, 1.82) is 0 Å². The smallest absolute Gasteiger partial charge is 0.407 e. The molecule has 1 amide bonds. The van der Waals surface area contributed by atoms with Gasteiger partial charge in [0.15, 0.2) is 23.0 Å². The summed E-state index contributed by atoms with van der Waals surface area (Å²) in [6.07, 6.45) is -3.71. The van der Waals surface area contributed by atoms with Gasteiger partial charge in [-0.15, -0.1) is 0 Å². The number of aliphatic hydroxyl groups is 3. The number of carbonyl (C=O) groups is 1. The SMILES string of the molecule is COc1ccc(C(c2ccccc2)(c2ccc(OC)cc2)[C@@]2(n3cnc4c(N)nc(CNC(=O)OCC[Si](C)(C)C)nc43)O[C@H](CO)[C@@H](O)[C@H]2O)cc1. The molecule has 6 N–H and O–H groups in total. The van der Waals surface area contributed by atoms with Crippen LogP contribution in [0.3, 0.4) is 0 Å². The zero-order chi connectivity index (χ0) is 38.0. The first-order chi connectivity index (χ1) is 25.4. The highest BCUT2D eigenvalue weighted by molar-refractivity contribution is 6.76. The molecule has 3 aromatic carbocycles. The number of anilines is 1. The van der Waals surface area contributed by atoms with E-state index in [1.165, 1.54) is 6.33 Å². The number of nitrogens with two attached hydrogens (primary N) is 1. The lowest BCUT2D eigenvalue weighted by Crippen LogP contribution is -2.61. The van der Waals surface area contributed by atoms with E-state index in [1.807, 2.05) is 54.6 Å². The molecule has 0 bridgehead atoms. The lowest BCUT2D eigenvalue weighted by atomic mass is 9.60. The Morgan fingerprint density at radius 3 is 2.06 bits per heavy atom. The van der Waals surface area contributed by atoms with E-state index in [0.717, 1.165) is 6.04 Å². The van der Waals surface area contributed by atoms with Crippen LogP contribution in [0.4, 0.5) is 10.6 Å². The molecule has 15 heteroatoms. The van der Waals surface area contributed by atoms with Gasteiger partial charge < -0.3 is 45.3 Å². The number of amides is 1. The number of aromatic nitrogens is 4. The number of alkyl carbamates (subject to hydrolysis) is 1. The predicted molar refractivity (Wildman–Crippen MR) is 200 cm³/mol. The monoisotopic (exact) mass is 742 g/mol. The van der Waals surface area contributed by atoms with Crippen LogP contribution in [0.5, 0.6) is 11.5 Å². The van der Waals surface area contributed by atoms with E-state index in [-0.39, 0.29) is 29.4 Å². The molecule has 1 aliphatic rings. The fourth-order valence-corrected chi connectivity index (χ4v) is 7.79. The number of carbonyl (C=O) groups excluding carboxylic acids is 1. The number of nitrogens with one attached hydrogen (secondary N) is 1. The molecule has 3 heterocycles. The van der Waals surface area contributed by atoms with E-state index in [9.17, 15) is 20.1 Å². The summed E-state index contributed by atoms with van der Waals surface area (Å²) in [6.45, 7) is 6.13. The Bertz CT molecular complexity index is 1980. The quantitative estimate of drug-likeness (QED) is 0.0867. The van der Waals surface area contributed by atoms with Crippen molar-refractivity contribution in [2.24, 2.45) is 0 Å².